The molecule has 1 aliphatic rings. The number of hydrogen-bond acceptors (Lipinski definition) is 5. The third kappa shape index (κ3) is 3.52. The molecule has 1 aromatic heterocycles. The maximum Gasteiger partial charge on any atom is 0.246 e. The summed E-state index contributed by atoms with van der Waals surface area (Å²) < 4.78 is 32.4. The zero-order chi connectivity index (χ0) is 14.0. The Kier molecular flexibility index (Phi) is 6.00. The van der Waals surface area contributed by atoms with Crippen LogP contribution in [0.1, 0.15) is 37.1 Å². The van der Waals surface area contributed by atoms with Crippen LogP contribution in [0.3, 0.4) is 0 Å². The van der Waals surface area contributed by atoms with E-state index in [2.05, 4.69) is 9.88 Å². The van der Waals surface area contributed by atoms with Crippen LogP contribution in [0.25, 0.3) is 0 Å². The zero-order valence-electron chi connectivity index (χ0n) is 11.8. The van der Waals surface area contributed by atoms with Crippen LogP contribution in [0.4, 0.5) is 0 Å². The SMILES string of the molecule is Cc1noc(C)c1S(=O)(=O)NC(CN)C1CCCC1.Cl. The quantitative estimate of drug-likeness (QED) is 0.855. The van der Waals surface area contributed by atoms with Gasteiger partial charge in [-0.1, -0.05) is 18.0 Å². The van der Waals surface area contributed by atoms with Gasteiger partial charge in [0.2, 0.25) is 10.0 Å². The van der Waals surface area contributed by atoms with E-state index in [0.29, 0.717) is 23.9 Å². The van der Waals surface area contributed by atoms with Gasteiger partial charge in [-0.2, -0.15) is 0 Å². The number of nitrogens with zero attached hydrogens (tertiary/aromatic N) is 1. The number of aryl methyl sites for hydroxylation is 2. The number of nitrogens with two attached hydrogens (primary N) is 1. The Bertz CT molecular complexity index is 519. The Balaban J connectivity index is 0.00000200. The van der Waals surface area contributed by atoms with Crippen molar-refractivity contribution in [2.75, 3.05) is 6.54 Å². The number of halogens is 1. The predicted molar refractivity (Wildman–Crippen MR) is 78.3 cm³/mol. The summed E-state index contributed by atoms with van der Waals surface area (Å²) in [5.41, 5.74) is 6.10. The van der Waals surface area contributed by atoms with E-state index in [1.807, 2.05) is 0 Å². The number of rotatable bonds is 5. The molecule has 1 fully saturated rings. The van der Waals surface area contributed by atoms with Crippen LogP contribution in [0.5, 0.6) is 0 Å². The largest absolute Gasteiger partial charge is 0.360 e. The summed E-state index contributed by atoms with van der Waals surface area (Å²) in [6.07, 6.45) is 4.36. The third-order valence-electron chi connectivity index (χ3n) is 3.77. The minimum Gasteiger partial charge on any atom is -0.360 e. The monoisotopic (exact) mass is 323 g/mol. The highest BCUT2D eigenvalue weighted by molar-refractivity contribution is 7.89. The Morgan fingerprint density at radius 2 is 2.00 bits per heavy atom. The van der Waals surface area contributed by atoms with Gasteiger partial charge in [-0.25, -0.2) is 13.1 Å². The molecular formula is C12H22ClN3O3S. The molecule has 1 unspecified atom stereocenters. The molecule has 0 bridgehead atoms. The van der Waals surface area contributed by atoms with Gasteiger partial charge in [0.15, 0.2) is 5.76 Å². The molecule has 116 valence electrons. The molecule has 1 aromatic rings. The molecule has 3 N–H and O–H groups in total. The molecule has 0 saturated heterocycles. The highest BCUT2D eigenvalue weighted by Gasteiger charge is 2.31. The second kappa shape index (κ2) is 6.89. The highest BCUT2D eigenvalue weighted by Crippen LogP contribution is 2.28. The van der Waals surface area contributed by atoms with E-state index in [4.69, 9.17) is 10.3 Å². The molecule has 2 rings (SSSR count). The van der Waals surface area contributed by atoms with Crippen molar-refractivity contribution in [1.82, 2.24) is 9.88 Å². The maximum atomic E-state index is 12.4. The lowest BCUT2D eigenvalue weighted by Crippen LogP contribution is -2.44. The van der Waals surface area contributed by atoms with Gasteiger partial charge in [0.1, 0.15) is 10.6 Å². The molecule has 0 amide bonds. The van der Waals surface area contributed by atoms with Gasteiger partial charge in [-0.05, 0) is 32.6 Å². The van der Waals surface area contributed by atoms with E-state index in [1.165, 1.54) is 0 Å². The molecule has 20 heavy (non-hydrogen) atoms. The number of aromatic nitrogens is 1. The van der Waals surface area contributed by atoms with Gasteiger partial charge in [-0.3, -0.25) is 0 Å². The molecule has 0 aromatic carbocycles. The van der Waals surface area contributed by atoms with E-state index < -0.39 is 10.0 Å². The third-order valence-corrected chi connectivity index (χ3v) is 5.50. The number of nitrogens with one attached hydrogen (secondary N) is 1. The first kappa shape index (κ1) is 17.4. The van der Waals surface area contributed by atoms with E-state index in [1.54, 1.807) is 13.8 Å². The minimum atomic E-state index is -3.61. The molecule has 0 radical (unpaired) electrons. The first-order chi connectivity index (χ1) is 8.95. The molecule has 1 saturated carbocycles. The molecule has 6 nitrogen and oxygen atoms in total. The van der Waals surface area contributed by atoms with Crippen LogP contribution in [0, 0.1) is 19.8 Å². The first-order valence-electron chi connectivity index (χ1n) is 6.61. The average Bonchev–Trinajstić information content (AvgIpc) is 2.96. The van der Waals surface area contributed by atoms with Gasteiger partial charge in [-0.15, -0.1) is 12.4 Å². The van der Waals surface area contributed by atoms with Crippen molar-refractivity contribution in [3.05, 3.63) is 11.5 Å². The Morgan fingerprint density at radius 3 is 2.45 bits per heavy atom. The van der Waals surface area contributed by atoms with Crippen molar-refractivity contribution in [2.24, 2.45) is 11.7 Å². The molecule has 0 aliphatic heterocycles. The zero-order valence-corrected chi connectivity index (χ0v) is 13.4. The van der Waals surface area contributed by atoms with Crippen molar-refractivity contribution in [2.45, 2.75) is 50.5 Å². The summed E-state index contributed by atoms with van der Waals surface area (Å²) in [6, 6.07) is -0.207. The van der Waals surface area contributed by atoms with Crippen LogP contribution >= 0.6 is 12.4 Å². The van der Waals surface area contributed by atoms with Crippen molar-refractivity contribution in [3.8, 4) is 0 Å². The molecule has 1 atom stereocenters. The summed E-state index contributed by atoms with van der Waals surface area (Å²) in [6.45, 7) is 3.53. The van der Waals surface area contributed by atoms with Gasteiger partial charge < -0.3 is 10.3 Å². The maximum absolute atomic E-state index is 12.4. The van der Waals surface area contributed by atoms with Gasteiger partial charge in [0.25, 0.3) is 0 Å². The lowest BCUT2D eigenvalue weighted by Gasteiger charge is -2.22. The first-order valence-corrected chi connectivity index (χ1v) is 8.09. The molecule has 1 aliphatic carbocycles. The Hall–Kier alpha value is -0.630. The fourth-order valence-corrected chi connectivity index (χ4v) is 4.46. The normalized spacial score (nSPS) is 17.9. The predicted octanol–water partition coefficient (Wildman–Crippen LogP) is 1.51. The molecular weight excluding hydrogens is 302 g/mol. The molecule has 1 heterocycles. The number of sulfonamides is 1. The van der Waals surface area contributed by atoms with Crippen LogP contribution < -0.4 is 10.5 Å². The van der Waals surface area contributed by atoms with E-state index in [-0.39, 0.29) is 23.3 Å². The van der Waals surface area contributed by atoms with Crippen LogP contribution in [0.15, 0.2) is 9.42 Å². The second-order valence-electron chi connectivity index (χ2n) is 5.16. The topological polar surface area (TPSA) is 98.2 Å². The van der Waals surface area contributed by atoms with Crippen LogP contribution in [0.2, 0.25) is 0 Å². The standard InChI is InChI=1S/C12H21N3O3S.ClH/c1-8-12(9(2)18-14-8)19(16,17)15-11(7-13)10-5-3-4-6-10;/h10-11,15H,3-7,13H2,1-2H3;1H. The average molecular weight is 324 g/mol. The Morgan fingerprint density at radius 1 is 1.40 bits per heavy atom. The highest BCUT2D eigenvalue weighted by atomic mass is 35.5. The minimum absolute atomic E-state index is 0. The molecule has 0 spiro atoms. The summed E-state index contributed by atoms with van der Waals surface area (Å²) in [4.78, 5) is 0.143. The van der Waals surface area contributed by atoms with E-state index in [0.717, 1.165) is 25.7 Å². The van der Waals surface area contributed by atoms with Crippen LogP contribution in [-0.4, -0.2) is 26.2 Å². The summed E-state index contributed by atoms with van der Waals surface area (Å²) in [5, 5.41) is 3.69. The van der Waals surface area contributed by atoms with Crippen molar-refractivity contribution < 1.29 is 12.9 Å². The fraction of sp³-hybridized carbons (Fsp3) is 0.750. The van der Waals surface area contributed by atoms with Crippen molar-refractivity contribution in [1.29, 1.82) is 0 Å². The second-order valence-corrected chi connectivity index (χ2v) is 6.81. The summed E-state index contributed by atoms with van der Waals surface area (Å²) in [5.74, 6) is 0.646. The van der Waals surface area contributed by atoms with Gasteiger partial charge in [0, 0.05) is 12.6 Å². The fourth-order valence-electron chi connectivity index (χ4n) is 2.81. The van der Waals surface area contributed by atoms with Crippen LogP contribution in [-0.2, 0) is 10.0 Å². The van der Waals surface area contributed by atoms with Crippen molar-refractivity contribution >= 4 is 22.4 Å². The Labute approximate surface area is 125 Å². The smallest absolute Gasteiger partial charge is 0.246 e. The van der Waals surface area contributed by atoms with Gasteiger partial charge >= 0.3 is 0 Å². The van der Waals surface area contributed by atoms with Gasteiger partial charge in [0.05, 0.1) is 0 Å². The van der Waals surface area contributed by atoms with Crippen molar-refractivity contribution in [3.63, 3.8) is 0 Å². The molecule has 8 heteroatoms. The van der Waals surface area contributed by atoms with E-state index in [9.17, 15) is 8.42 Å². The lowest BCUT2D eigenvalue weighted by molar-refractivity contribution is 0.389. The lowest BCUT2D eigenvalue weighted by atomic mass is 9.99. The summed E-state index contributed by atoms with van der Waals surface area (Å²) >= 11 is 0. The van der Waals surface area contributed by atoms with E-state index >= 15 is 0 Å². The number of hydrogen-bond donors (Lipinski definition) is 2. The summed E-state index contributed by atoms with van der Waals surface area (Å²) in [7, 11) is -3.61.